The van der Waals surface area contributed by atoms with Crippen LogP contribution in [0.5, 0.6) is 0 Å². The van der Waals surface area contributed by atoms with E-state index < -0.39 is 25.2 Å². The highest BCUT2D eigenvalue weighted by Gasteiger charge is 2.37. The van der Waals surface area contributed by atoms with Crippen molar-refractivity contribution in [1.82, 2.24) is 5.09 Å². The summed E-state index contributed by atoms with van der Waals surface area (Å²) in [7, 11) is -3.36. The lowest BCUT2D eigenvalue weighted by Gasteiger charge is -2.29. The van der Waals surface area contributed by atoms with Gasteiger partial charge in [0.05, 0.1) is 6.04 Å². The Labute approximate surface area is 185 Å². The van der Waals surface area contributed by atoms with Crippen molar-refractivity contribution >= 4 is 35.0 Å². The number of rotatable bonds is 8. The van der Waals surface area contributed by atoms with Crippen LogP contribution in [0.4, 0.5) is 0 Å². The van der Waals surface area contributed by atoms with E-state index in [-0.39, 0.29) is 0 Å². The second kappa shape index (κ2) is 9.54. The van der Waals surface area contributed by atoms with Gasteiger partial charge in [-0.3, -0.25) is 9.36 Å². The van der Waals surface area contributed by atoms with E-state index >= 15 is 0 Å². The fraction of sp³-hybridized carbons (Fsp3) is 0.0800. The second-order valence-corrected chi connectivity index (χ2v) is 10.6. The van der Waals surface area contributed by atoms with Gasteiger partial charge in [-0.2, -0.15) is 0 Å². The first-order chi connectivity index (χ1) is 15.1. The maximum atomic E-state index is 14.5. The first-order valence-corrected chi connectivity index (χ1v) is 12.5. The van der Waals surface area contributed by atoms with Gasteiger partial charge >= 0.3 is 0 Å². The Bertz CT molecular complexity index is 1120. The molecule has 0 aliphatic rings. The zero-order chi connectivity index (χ0) is 21.7. The lowest BCUT2D eigenvalue weighted by Crippen LogP contribution is -2.39. The minimum Gasteiger partial charge on any atom is -0.383 e. The monoisotopic (exact) mass is 447 g/mol. The molecule has 0 aliphatic heterocycles. The van der Waals surface area contributed by atoms with Gasteiger partial charge in [0.2, 0.25) is 7.29 Å². The number of benzene rings is 3. The topological polar surface area (TPSA) is 66.4 Å². The summed E-state index contributed by atoms with van der Waals surface area (Å²) in [6.45, 7) is 0. The Morgan fingerprint density at radius 2 is 1.29 bits per heavy atom. The fourth-order valence-electron chi connectivity index (χ4n) is 3.45. The van der Waals surface area contributed by atoms with Crippen LogP contribution in [0.15, 0.2) is 109 Å². The summed E-state index contributed by atoms with van der Waals surface area (Å²) < 4.78 is 14.5. The van der Waals surface area contributed by atoms with E-state index in [4.69, 9.17) is 0 Å². The first-order valence-electron chi connectivity index (χ1n) is 9.89. The van der Waals surface area contributed by atoms with Gasteiger partial charge in [-0.05, 0) is 35.7 Å². The summed E-state index contributed by atoms with van der Waals surface area (Å²) in [4.78, 5) is 13.8. The Kier molecular flexibility index (Phi) is 6.59. The molecular weight excluding hydrogens is 425 g/mol. The molecule has 0 radical (unpaired) electrons. The van der Waals surface area contributed by atoms with Crippen LogP contribution >= 0.6 is 18.6 Å². The van der Waals surface area contributed by atoms with E-state index in [9.17, 15) is 14.5 Å². The average molecular weight is 447 g/mol. The number of thiophene rings is 1. The maximum absolute atomic E-state index is 14.5. The first kappa shape index (κ1) is 21.4. The molecule has 0 bridgehead atoms. The molecule has 1 aromatic heterocycles. The molecule has 0 saturated heterocycles. The third-order valence-electron chi connectivity index (χ3n) is 5.05. The van der Waals surface area contributed by atoms with Gasteiger partial charge in [0.15, 0.2) is 5.78 Å². The average Bonchev–Trinajstić information content (AvgIpc) is 3.38. The Hall–Kier alpha value is -2.82. The van der Waals surface area contributed by atoms with Crippen molar-refractivity contribution in [2.24, 2.45) is 0 Å². The van der Waals surface area contributed by atoms with Gasteiger partial charge in [0.25, 0.3) is 0 Å². The lowest BCUT2D eigenvalue weighted by atomic mass is 10.0. The number of carbonyl (C=O) groups excluding carboxylic acids is 1. The summed E-state index contributed by atoms with van der Waals surface area (Å²) in [6, 6.07) is 29.8. The van der Waals surface area contributed by atoms with Crippen LogP contribution in [0.25, 0.3) is 0 Å². The SMILES string of the molecule is O=C(c1ccccc1)[C@H](O)[C@H](NP(=O)(c1ccccc1)c1ccccc1)c1cccs1. The molecule has 156 valence electrons. The summed E-state index contributed by atoms with van der Waals surface area (Å²) in [5.41, 5.74) is 0.410. The van der Waals surface area contributed by atoms with Gasteiger partial charge in [-0.25, -0.2) is 5.09 Å². The molecule has 0 spiro atoms. The minimum absolute atomic E-state index is 0.410. The smallest absolute Gasteiger partial charge is 0.205 e. The van der Waals surface area contributed by atoms with Crippen LogP contribution in [0.1, 0.15) is 21.3 Å². The van der Waals surface area contributed by atoms with Gasteiger partial charge < -0.3 is 5.11 Å². The van der Waals surface area contributed by atoms with E-state index in [0.717, 1.165) is 4.88 Å². The van der Waals surface area contributed by atoms with Crippen LogP contribution in [-0.2, 0) is 4.57 Å². The Morgan fingerprint density at radius 1 is 0.774 bits per heavy atom. The van der Waals surface area contributed by atoms with Crippen molar-refractivity contribution < 1.29 is 14.5 Å². The normalized spacial score (nSPS) is 13.5. The predicted octanol–water partition coefficient (Wildman–Crippen LogP) is 4.55. The molecule has 2 N–H and O–H groups in total. The standard InChI is InChI=1S/C25H22NO3PS/c27-24(19-11-4-1-5-12-19)25(28)23(22-17-10-18-31-22)26-30(29,20-13-6-2-7-14-20)21-15-8-3-9-16-21/h1-18,23,25,28H,(H,26,29)/t23-,25-/m1/s1. The second-order valence-electron chi connectivity index (χ2n) is 7.08. The molecule has 0 aliphatic carbocycles. The van der Waals surface area contributed by atoms with Crippen molar-refractivity contribution in [3.05, 3.63) is 119 Å². The highest BCUT2D eigenvalue weighted by Crippen LogP contribution is 2.43. The maximum Gasteiger partial charge on any atom is 0.205 e. The van der Waals surface area contributed by atoms with Gasteiger partial charge in [-0.1, -0.05) is 72.8 Å². The third kappa shape index (κ3) is 4.60. The number of Topliss-reactive ketones (excluding diaryl/α,β-unsaturated/α-hetero) is 1. The van der Waals surface area contributed by atoms with Crippen molar-refractivity contribution in [2.45, 2.75) is 12.1 Å². The summed E-state index contributed by atoms with van der Waals surface area (Å²) in [5.74, 6) is -0.417. The Balaban J connectivity index is 1.78. The molecule has 4 nitrogen and oxygen atoms in total. The number of ketones is 1. The zero-order valence-electron chi connectivity index (χ0n) is 16.7. The predicted molar refractivity (Wildman–Crippen MR) is 127 cm³/mol. The minimum atomic E-state index is -3.36. The van der Waals surface area contributed by atoms with Gasteiger partial charge in [0, 0.05) is 21.0 Å². The fourth-order valence-corrected chi connectivity index (χ4v) is 6.80. The number of hydrogen-bond donors (Lipinski definition) is 2. The van der Waals surface area contributed by atoms with Crippen LogP contribution in [0.2, 0.25) is 0 Å². The molecule has 0 saturated carbocycles. The third-order valence-corrected chi connectivity index (χ3v) is 8.70. The molecule has 0 amide bonds. The largest absolute Gasteiger partial charge is 0.383 e. The highest BCUT2D eigenvalue weighted by atomic mass is 32.1. The molecule has 3 aromatic carbocycles. The van der Waals surface area contributed by atoms with Crippen LogP contribution in [0, 0.1) is 0 Å². The van der Waals surface area contributed by atoms with E-state index in [2.05, 4.69) is 5.09 Å². The summed E-state index contributed by atoms with van der Waals surface area (Å²) >= 11 is 1.41. The van der Waals surface area contributed by atoms with E-state index in [1.807, 2.05) is 60.0 Å². The van der Waals surface area contributed by atoms with Crippen molar-refractivity contribution in [3.63, 3.8) is 0 Å². The number of aliphatic hydroxyl groups is 1. The molecule has 1 heterocycles. The van der Waals surface area contributed by atoms with Crippen LogP contribution < -0.4 is 15.7 Å². The summed E-state index contributed by atoms with van der Waals surface area (Å²) in [6.07, 6.45) is -1.40. The van der Waals surface area contributed by atoms with Crippen LogP contribution in [-0.4, -0.2) is 17.0 Å². The van der Waals surface area contributed by atoms with E-state index in [1.54, 1.807) is 48.5 Å². The molecule has 2 atom stereocenters. The number of aliphatic hydroxyl groups excluding tert-OH is 1. The molecule has 4 rings (SSSR count). The Morgan fingerprint density at radius 3 is 1.77 bits per heavy atom. The quantitative estimate of drug-likeness (QED) is 0.307. The molecule has 6 heteroatoms. The molecule has 31 heavy (non-hydrogen) atoms. The summed E-state index contributed by atoms with van der Waals surface area (Å²) in [5, 5.41) is 17.4. The number of carbonyl (C=O) groups is 1. The van der Waals surface area contributed by atoms with Gasteiger partial charge in [-0.15, -0.1) is 11.3 Å². The van der Waals surface area contributed by atoms with E-state index in [0.29, 0.717) is 16.2 Å². The molecular formula is C25H22NO3PS. The van der Waals surface area contributed by atoms with Crippen molar-refractivity contribution in [1.29, 1.82) is 0 Å². The number of hydrogen-bond acceptors (Lipinski definition) is 4. The highest BCUT2D eigenvalue weighted by molar-refractivity contribution is 7.76. The van der Waals surface area contributed by atoms with E-state index in [1.165, 1.54) is 11.3 Å². The van der Waals surface area contributed by atoms with Crippen molar-refractivity contribution in [2.75, 3.05) is 0 Å². The zero-order valence-corrected chi connectivity index (χ0v) is 18.4. The number of nitrogens with one attached hydrogen (secondary N) is 1. The van der Waals surface area contributed by atoms with Crippen LogP contribution in [0.3, 0.4) is 0 Å². The molecule has 4 aromatic rings. The molecule has 0 fully saturated rings. The lowest BCUT2D eigenvalue weighted by molar-refractivity contribution is 0.0682. The van der Waals surface area contributed by atoms with Gasteiger partial charge in [0.1, 0.15) is 6.10 Å². The molecule has 0 unspecified atom stereocenters. The van der Waals surface area contributed by atoms with Crippen molar-refractivity contribution in [3.8, 4) is 0 Å².